The molecule has 0 aliphatic heterocycles. The molecule has 3 aromatic heterocycles. The van der Waals surface area contributed by atoms with Gasteiger partial charge < -0.3 is 10.3 Å². The summed E-state index contributed by atoms with van der Waals surface area (Å²) >= 11 is 0. The topological polar surface area (TPSA) is 83.6 Å². The first-order valence-corrected chi connectivity index (χ1v) is 11.4. The summed E-state index contributed by atoms with van der Waals surface area (Å²) < 4.78 is 0. The molecule has 0 saturated heterocycles. The van der Waals surface area contributed by atoms with Crippen molar-refractivity contribution in [2.24, 2.45) is 0 Å². The zero-order chi connectivity index (χ0) is 23.4. The maximum absolute atomic E-state index is 13.5. The third-order valence-corrected chi connectivity index (χ3v) is 6.69. The van der Waals surface area contributed by atoms with Crippen molar-refractivity contribution >= 4 is 27.7 Å². The van der Waals surface area contributed by atoms with E-state index in [2.05, 4.69) is 44.5 Å². The summed E-state index contributed by atoms with van der Waals surface area (Å²) in [6.07, 6.45) is 7.02. The summed E-state index contributed by atoms with van der Waals surface area (Å²) in [7, 11) is 0. The number of pyridine rings is 2. The molecule has 166 valence electrons. The number of benzene rings is 3. The summed E-state index contributed by atoms with van der Waals surface area (Å²) in [6.45, 7) is 0. The number of nitrogens with one attached hydrogen (secondary N) is 2. The van der Waals surface area contributed by atoms with Gasteiger partial charge in [-0.2, -0.15) is 0 Å². The number of fused-ring (bicyclic) bond motifs is 5. The van der Waals surface area contributed by atoms with Crippen LogP contribution in [-0.2, 0) is 0 Å². The van der Waals surface area contributed by atoms with Crippen molar-refractivity contribution in [2.75, 3.05) is 0 Å². The van der Waals surface area contributed by atoms with Gasteiger partial charge in [0.1, 0.15) is 5.82 Å². The molecule has 0 bridgehead atoms. The normalized spacial score (nSPS) is 14.1. The van der Waals surface area contributed by atoms with Crippen LogP contribution in [0.3, 0.4) is 0 Å². The van der Waals surface area contributed by atoms with E-state index in [9.17, 15) is 4.79 Å². The molecular formula is C29H19N5O. The molecule has 0 saturated carbocycles. The Hall–Kier alpha value is -4.84. The molecule has 1 aliphatic rings. The Morgan fingerprint density at radius 3 is 2.54 bits per heavy atom. The third kappa shape index (κ3) is 3.04. The number of carbonyl (C=O) groups is 1. The predicted molar refractivity (Wildman–Crippen MR) is 136 cm³/mol. The maximum atomic E-state index is 13.5. The molecule has 1 amide bonds. The second-order valence-corrected chi connectivity index (χ2v) is 8.64. The lowest BCUT2D eigenvalue weighted by Gasteiger charge is -2.17. The van der Waals surface area contributed by atoms with Crippen molar-refractivity contribution in [3.05, 3.63) is 114 Å². The summed E-state index contributed by atoms with van der Waals surface area (Å²) in [5.41, 5.74) is 7.71. The van der Waals surface area contributed by atoms with Crippen LogP contribution in [0, 0.1) is 0 Å². The monoisotopic (exact) mass is 453 g/mol. The Morgan fingerprint density at radius 2 is 1.60 bits per heavy atom. The van der Waals surface area contributed by atoms with E-state index in [4.69, 9.17) is 4.98 Å². The lowest BCUT2D eigenvalue weighted by atomic mass is 9.98. The van der Waals surface area contributed by atoms with Crippen molar-refractivity contribution in [2.45, 2.75) is 6.04 Å². The standard InChI is InChI=1S/C29H19N5O/c35-29(21-8-3-5-17-15-30-13-11-18(17)21)34-27-20-7-2-1-6-19(20)26-22(27)9-4-10-23(26)28-32-24-12-14-31-16-25(24)33-28/h1-16,27H,(H,32,33)(H,34,35). The average molecular weight is 454 g/mol. The number of aromatic amines is 1. The van der Waals surface area contributed by atoms with E-state index in [0.717, 1.165) is 55.4 Å². The first-order chi connectivity index (χ1) is 17.3. The number of amides is 1. The number of H-pyrrole nitrogens is 1. The van der Waals surface area contributed by atoms with Crippen LogP contribution in [0.5, 0.6) is 0 Å². The number of hydrogen-bond acceptors (Lipinski definition) is 4. The summed E-state index contributed by atoms with van der Waals surface area (Å²) in [5.74, 6) is 0.669. The van der Waals surface area contributed by atoms with E-state index < -0.39 is 0 Å². The van der Waals surface area contributed by atoms with Gasteiger partial charge in [0.2, 0.25) is 0 Å². The molecule has 0 fully saturated rings. The van der Waals surface area contributed by atoms with E-state index in [0.29, 0.717) is 5.56 Å². The Morgan fingerprint density at radius 1 is 0.800 bits per heavy atom. The van der Waals surface area contributed by atoms with Crippen molar-refractivity contribution in [1.82, 2.24) is 25.3 Å². The molecule has 0 radical (unpaired) electrons. The molecule has 1 aliphatic carbocycles. The fourth-order valence-corrected chi connectivity index (χ4v) is 5.12. The van der Waals surface area contributed by atoms with Crippen LogP contribution < -0.4 is 5.32 Å². The fraction of sp³-hybridized carbons (Fsp3) is 0.0345. The van der Waals surface area contributed by atoms with Gasteiger partial charge in [-0.1, -0.05) is 54.6 Å². The van der Waals surface area contributed by atoms with Crippen LogP contribution in [-0.4, -0.2) is 25.8 Å². The zero-order valence-corrected chi connectivity index (χ0v) is 18.6. The van der Waals surface area contributed by atoms with Gasteiger partial charge in [0, 0.05) is 35.1 Å². The number of carbonyl (C=O) groups excluding carboxylic acids is 1. The van der Waals surface area contributed by atoms with Crippen LogP contribution in [0.15, 0.2) is 97.6 Å². The molecule has 6 nitrogen and oxygen atoms in total. The van der Waals surface area contributed by atoms with E-state index >= 15 is 0 Å². The number of imidazole rings is 1. The van der Waals surface area contributed by atoms with E-state index in [1.807, 2.05) is 48.5 Å². The van der Waals surface area contributed by atoms with Crippen LogP contribution in [0.25, 0.3) is 44.3 Å². The molecule has 3 heterocycles. The van der Waals surface area contributed by atoms with Gasteiger partial charge in [0.05, 0.1) is 23.3 Å². The Labute approximate surface area is 200 Å². The molecule has 0 spiro atoms. The Bertz CT molecular complexity index is 1730. The van der Waals surface area contributed by atoms with Gasteiger partial charge in [-0.3, -0.25) is 14.8 Å². The van der Waals surface area contributed by atoms with Crippen LogP contribution in [0.1, 0.15) is 27.5 Å². The first-order valence-electron chi connectivity index (χ1n) is 11.4. The first kappa shape index (κ1) is 19.6. The van der Waals surface area contributed by atoms with E-state index in [1.54, 1.807) is 24.8 Å². The van der Waals surface area contributed by atoms with Gasteiger partial charge in [0.15, 0.2) is 0 Å². The summed E-state index contributed by atoms with van der Waals surface area (Å²) in [6, 6.07) is 23.7. The number of rotatable bonds is 3. The minimum Gasteiger partial charge on any atom is -0.341 e. The average Bonchev–Trinajstić information content (AvgIpc) is 3.48. The number of aromatic nitrogens is 4. The highest BCUT2D eigenvalue weighted by molar-refractivity contribution is 6.07. The summed E-state index contributed by atoms with van der Waals surface area (Å²) in [5, 5.41) is 5.13. The van der Waals surface area contributed by atoms with Crippen LogP contribution in [0.2, 0.25) is 0 Å². The lowest BCUT2D eigenvalue weighted by molar-refractivity contribution is 0.0945. The molecule has 3 aromatic carbocycles. The van der Waals surface area contributed by atoms with Crippen molar-refractivity contribution in [3.63, 3.8) is 0 Å². The van der Waals surface area contributed by atoms with Crippen molar-refractivity contribution < 1.29 is 4.79 Å². The second kappa shape index (κ2) is 7.60. The molecule has 7 rings (SSSR count). The van der Waals surface area contributed by atoms with E-state index in [1.165, 1.54) is 0 Å². The van der Waals surface area contributed by atoms with Gasteiger partial charge in [-0.05, 0) is 45.8 Å². The quantitative estimate of drug-likeness (QED) is 0.361. The molecule has 1 unspecified atom stereocenters. The van der Waals surface area contributed by atoms with Gasteiger partial charge in [-0.15, -0.1) is 0 Å². The maximum Gasteiger partial charge on any atom is 0.252 e. The smallest absolute Gasteiger partial charge is 0.252 e. The number of hydrogen-bond donors (Lipinski definition) is 2. The Balaban J connectivity index is 1.36. The van der Waals surface area contributed by atoms with Crippen LogP contribution in [0.4, 0.5) is 0 Å². The molecular weight excluding hydrogens is 434 g/mol. The third-order valence-electron chi connectivity index (χ3n) is 6.69. The highest BCUT2D eigenvalue weighted by Crippen LogP contribution is 2.47. The minimum atomic E-state index is -0.267. The molecule has 6 heteroatoms. The van der Waals surface area contributed by atoms with Gasteiger partial charge >= 0.3 is 0 Å². The highest BCUT2D eigenvalue weighted by Gasteiger charge is 2.32. The van der Waals surface area contributed by atoms with E-state index in [-0.39, 0.29) is 11.9 Å². The predicted octanol–water partition coefficient (Wildman–Crippen LogP) is 5.67. The molecule has 1 atom stereocenters. The highest BCUT2D eigenvalue weighted by atomic mass is 16.1. The fourth-order valence-electron chi connectivity index (χ4n) is 5.12. The minimum absolute atomic E-state index is 0.116. The second-order valence-electron chi connectivity index (χ2n) is 8.64. The lowest BCUT2D eigenvalue weighted by Crippen LogP contribution is -2.28. The van der Waals surface area contributed by atoms with Gasteiger partial charge in [0.25, 0.3) is 5.91 Å². The number of nitrogens with zero attached hydrogens (tertiary/aromatic N) is 3. The Kier molecular flexibility index (Phi) is 4.26. The molecule has 6 aromatic rings. The van der Waals surface area contributed by atoms with Crippen molar-refractivity contribution in [1.29, 1.82) is 0 Å². The molecule has 35 heavy (non-hydrogen) atoms. The molecule has 2 N–H and O–H groups in total. The van der Waals surface area contributed by atoms with Crippen molar-refractivity contribution in [3.8, 4) is 22.5 Å². The largest absolute Gasteiger partial charge is 0.341 e. The van der Waals surface area contributed by atoms with Crippen LogP contribution >= 0.6 is 0 Å². The SMILES string of the molecule is O=C(NC1c2ccccc2-c2c(-c3nc4ccncc4[nH]3)cccc21)c1cccc2cnccc12. The zero-order valence-electron chi connectivity index (χ0n) is 18.6. The van der Waals surface area contributed by atoms with Gasteiger partial charge in [-0.25, -0.2) is 4.98 Å². The summed E-state index contributed by atoms with van der Waals surface area (Å²) in [4.78, 5) is 30.2.